The highest BCUT2D eigenvalue weighted by Crippen LogP contribution is 2.18. The first-order valence-electron chi connectivity index (χ1n) is 9.95. The fourth-order valence-electron chi connectivity index (χ4n) is 3.53. The number of aromatic nitrogens is 1. The van der Waals surface area contributed by atoms with E-state index in [1.54, 1.807) is 0 Å². The summed E-state index contributed by atoms with van der Waals surface area (Å²) in [5.41, 5.74) is 11.1. The maximum atomic E-state index is 6.50. The highest BCUT2D eigenvalue weighted by atomic mass is 15.4. The molecular formula is C24H30N4. The lowest BCUT2D eigenvalue weighted by Gasteiger charge is -2.27. The van der Waals surface area contributed by atoms with E-state index in [-0.39, 0.29) is 6.04 Å². The van der Waals surface area contributed by atoms with Crippen LogP contribution >= 0.6 is 0 Å². The lowest BCUT2D eigenvalue weighted by molar-refractivity contribution is 0.205. The molecule has 1 heterocycles. The summed E-state index contributed by atoms with van der Waals surface area (Å²) in [6.45, 7) is 3.68. The smallest absolute Gasteiger partial charge is 0.0701 e. The van der Waals surface area contributed by atoms with E-state index in [1.165, 1.54) is 11.1 Å². The summed E-state index contributed by atoms with van der Waals surface area (Å²) in [4.78, 5) is 4.39. The van der Waals surface area contributed by atoms with Gasteiger partial charge in [0.25, 0.3) is 0 Å². The Balaban J connectivity index is 1.55. The van der Waals surface area contributed by atoms with Crippen LogP contribution in [0.15, 0.2) is 79.0 Å². The quantitative estimate of drug-likeness (QED) is 0.438. The molecule has 146 valence electrons. The van der Waals surface area contributed by atoms with E-state index in [4.69, 9.17) is 11.6 Å². The minimum absolute atomic E-state index is 0.102. The fraction of sp³-hybridized carbons (Fsp3) is 0.292. The number of hydrogen-bond acceptors (Lipinski definition) is 4. The first kappa shape index (κ1) is 20.2. The van der Waals surface area contributed by atoms with E-state index in [9.17, 15) is 0 Å². The van der Waals surface area contributed by atoms with Crippen LogP contribution in [0.5, 0.6) is 0 Å². The summed E-state index contributed by atoms with van der Waals surface area (Å²) in [6, 6.07) is 24.9. The second kappa shape index (κ2) is 10.1. The molecule has 2 aromatic carbocycles. The van der Waals surface area contributed by atoms with Crippen molar-refractivity contribution in [3.63, 3.8) is 0 Å². The van der Waals surface area contributed by atoms with Gasteiger partial charge in [0.15, 0.2) is 0 Å². The van der Waals surface area contributed by atoms with Gasteiger partial charge in [0.2, 0.25) is 0 Å². The summed E-state index contributed by atoms with van der Waals surface area (Å²) in [7, 11) is 0. The van der Waals surface area contributed by atoms with Crippen LogP contribution in [0.3, 0.4) is 0 Å². The summed E-state index contributed by atoms with van der Waals surface area (Å²) >= 11 is 0. The summed E-state index contributed by atoms with van der Waals surface area (Å²) < 4.78 is 0. The Bertz CT molecular complexity index is 818. The van der Waals surface area contributed by atoms with Gasteiger partial charge in [0.05, 0.1) is 5.69 Å². The molecule has 0 bridgehead atoms. The van der Waals surface area contributed by atoms with Crippen LogP contribution in [0.4, 0.5) is 0 Å². The summed E-state index contributed by atoms with van der Waals surface area (Å²) in [6.07, 6.45) is 3.71. The van der Waals surface area contributed by atoms with Gasteiger partial charge in [-0.1, -0.05) is 74.0 Å². The first-order valence-corrected chi connectivity index (χ1v) is 9.95. The summed E-state index contributed by atoms with van der Waals surface area (Å²) in [5.74, 6) is 6.69. The predicted octanol–water partition coefficient (Wildman–Crippen LogP) is 4.02. The predicted molar refractivity (Wildman–Crippen MR) is 116 cm³/mol. The number of hydrogen-bond donors (Lipinski definition) is 2. The minimum atomic E-state index is 0.102. The largest absolute Gasteiger partial charge is 0.327 e. The van der Waals surface area contributed by atoms with Crippen LogP contribution in [0.1, 0.15) is 24.5 Å². The Kier molecular flexibility index (Phi) is 7.31. The van der Waals surface area contributed by atoms with Crippen molar-refractivity contribution in [3.8, 4) is 11.3 Å². The highest BCUT2D eigenvalue weighted by Gasteiger charge is 2.19. The van der Waals surface area contributed by atoms with Crippen LogP contribution in [-0.2, 0) is 13.0 Å². The van der Waals surface area contributed by atoms with Crippen LogP contribution in [0.25, 0.3) is 11.3 Å². The Morgan fingerprint density at radius 2 is 1.61 bits per heavy atom. The Morgan fingerprint density at radius 3 is 2.25 bits per heavy atom. The zero-order valence-corrected chi connectivity index (χ0v) is 16.5. The molecule has 0 amide bonds. The molecule has 28 heavy (non-hydrogen) atoms. The molecule has 4 N–H and O–H groups in total. The zero-order valence-electron chi connectivity index (χ0n) is 16.5. The van der Waals surface area contributed by atoms with Crippen molar-refractivity contribution >= 4 is 0 Å². The van der Waals surface area contributed by atoms with Gasteiger partial charge in [-0.3, -0.25) is 10.8 Å². The third-order valence-electron chi connectivity index (χ3n) is 5.21. The molecule has 0 aliphatic rings. The second-order valence-corrected chi connectivity index (χ2v) is 7.36. The SMILES string of the molecule is CCC(CN(N)Cc1ccc(-c2ccccn2)cc1)C(N)Cc1ccccc1. The lowest BCUT2D eigenvalue weighted by atomic mass is 9.92. The fourth-order valence-corrected chi connectivity index (χ4v) is 3.53. The average molecular weight is 375 g/mol. The standard InChI is InChI=1S/C24H30N4/c1-2-21(23(25)16-19-8-4-3-5-9-19)18-28(26)17-20-11-13-22(14-12-20)24-10-6-7-15-27-24/h3-15,21,23H,2,16-18,25-26H2,1H3. The van der Waals surface area contributed by atoms with Gasteiger partial charge in [-0.2, -0.15) is 0 Å². The third-order valence-corrected chi connectivity index (χ3v) is 5.21. The van der Waals surface area contributed by atoms with Gasteiger partial charge in [-0.15, -0.1) is 0 Å². The number of nitrogens with zero attached hydrogens (tertiary/aromatic N) is 2. The Labute approximate surface area is 168 Å². The van der Waals surface area contributed by atoms with Gasteiger partial charge in [-0.25, -0.2) is 5.01 Å². The molecule has 1 aromatic heterocycles. The molecule has 2 atom stereocenters. The van der Waals surface area contributed by atoms with Crippen LogP contribution in [-0.4, -0.2) is 22.6 Å². The molecule has 0 aliphatic heterocycles. The van der Waals surface area contributed by atoms with Crippen molar-refractivity contribution in [1.82, 2.24) is 9.99 Å². The zero-order chi connectivity index (χ0) is 19.8. The third kappa shape index (κ3) is 5.73. The summed E-state index contributed by atoms with van der Waals surface area (Å²) in [5, 5.41) is 1.88. The van der Waals surface area contributed by atoms with E-state index in [2.05, 4.69) is 60.4 Å². The van der Waals surface area contributed by atoms with Crippen molar-refractivity contribution in [1.29, 1.82) is 0 Å². The minimum Gasteiger partial charge on any atom is -0.327 e. The van der Waals surface area contributed by atoms with Crippen molar-refractivity contribution in [2.45, 2.75) is 32.4 Å². The molecule has 0 aliphatic carbocycles. The molecule has 3 aromatic rings. The second-order valence-electron chi connectivity index (χ2n) is 7.36. The number of nitrogens with two attached hydrogens (primary N) is 2. The average Bonchev–Trinajstić information content (AvgIpc) is 2.74. The van der Waals surface area contributed by atoms with Crippen molar-refractivity contribution in [2.75, 3.05) is 6.54 Å². The van der Waals surface area contributed by atoms with E-state index in [0.29, 0.717) is 12.5 Å². The van der Waals surface area contributed by atoms with E-state index >= 15 is 0 Å². The van der Waals surface area contributed by atoms with Gasteiger partial charge in [0, 0.05) is 30.9 Å². The number of rotatable bonds is 9. The van der Waals surface area contributed by atoms with Crippen molar-refractivity contribution < 1.29 is 0 Å². The van der Waals surface area contributed by atoms with Gasteiger partial charge in [0.1, 0.15) is 0 Å². The molecule has 0 spiro atoms. The van der Waals surface area contributed by atoms with E-state index in [0.717, 1.165) is 30.6 Å². The number of benzene rings is 2. The maximum Gasteiger partial charge on any atom is 0.0701 e. The van der Waals surface area contributed by atoms with Crippen LogP contribution in [0, 0.1) is 5.92 Å². The van der Waals surface area contributed by atoms with Crippen molar-refractivity contribution in [2.24, 2.45) is 17.5 Å². The van der Waals surface area contributed by atoms with E-state index in [1.807, 2.05) is 35.5 Å². The molecule has 0 radical (unpaired) electrons. The molecule has 2 unspecified atom stereocenters. The number of pyridine rings is 1. The van der Waals surface area contributed by atoms with Crippen LogP contribution < -0.4 is 11.6 Å². The lowest BCUT2D eigenvalue weighted by Crippen LogP contribution is -2.43. The molecule has 0 saturated carbocycles. The van der Waals surface area contributed by atoms with Gasteiger partial charge in [-0.05, 0) is 35.6 Å². The first-order chi connectivity index (χ1) is 13.7. The van der Waals surface area contributed by atoms with Crippen LogP contribution in [0.2, 0.25) is 0 Å². The Morgan fingerprint density at radius 1 is 0.893 bits per heavy atom. The normalized spacial score (nSPS) is 13.4. The van der Waals surface area contributed by atoms with Gasteiger partial charge < -0.3 is 5.73 Å². The van der Waals surface area contributed by atoms with Gasteiger partial charge >= 0.3 is 0 Å². The molecular weight excluding hydrogens is 344 g/mol. The molecule has 4 heteroatoms. The monoisotopic (exact) mass is 374 g/mol. The van der Waals surface area contributed by atoms with E-state index < -0.39 is 0 Å². The molecule has 4 nitrogen and oxygen atoms in total. The number of hydrazine groups is 1. The molecule has 3 rings (SSSR count). The topological polar surface area (TPSA) is 68.2 Å². The van der Waals surface area contributed by atoms with Crippen molar-refractivity contribution in [3.05, 3.63) is 90.1 Å². The highest BCUT2D eigenvalue weighted by molar-refractivity contribution is 5.58. The maximum absolute atomic E-state index is 6.50. The Hall–Kier alpha value is -2.53. The molecule has 0 saturated heterocycles. The molecule has 0 fully saturated rings.